The van der Waals surface area contributed by atoms with E-state index >= 15 is 4.79 Å². The van der Waals surface area contributed by atoms with Gasteiger partial charge >= 0.3 is 6.09 Å². The van der Waals surface area contributed by atoms with E-state index in [2.05, 4.69) is 64.1 Å². The Morgan fingerprint density at radius 3 is 2.21 bits per heavy atom. The van der Waals surface area contributed by atoms with Crippen molar-refractivity contribution in [3.63, 3.8) is 0 Å². The van der Waals surface area contributed by atoms with Crippen LogP contribution in [0, 0.1) is 11.3 Å². The first-order valence-electron chi connectivity index (χ1n) is 18.0. The van der Waals surface area contributed by atoms with E-state index < -0.39 is 11.1 Å². The molecular formula is C40H53N5O3. The van der Waals surface area contributed by atoms with Gasteiger partial charge in [0.15, 0.2) is 0 Å². The number of rotatable bonds is 8. The van der Waals surface area contributed by atoms with Crippen LogP contribution in [0.2, 0.25) is 0 Å². The molecule has 2 aliphatic carbocycles. The summed E-state index contributed by atoms with van der Waals surface area (Å²) in [6.07, 6.45) is 11.0. The quantitative estimate of drug-likeness (QED) is 0.115. The molecule has 2 saturated carbocycles. The number of hydrogen-bond donors (Lipinski definition) is 4. The zero-order valence-corrected chi connectivity index (χ0v) is 28.9. The van der Waals surface area contributed by atoms with Gasteiger partial charge in [0.1, 0.15) is 17.0 Å². The Kier molecular flexibility index (Phi) is 10.00. The molecule has 1 unspecified atom stereocenters. The molecule has 8 nitrogen and oxygen atoms in total. The van der Waals surface area contributed by atoms with Crippen molar-refractivity contribution in [3.8, 4) is 0 Å². The van der Waals surface area contributed by atoms with Crippen molar-refractivity contribution in [2.45, 2.75) is 121 Å². The lowest BCUT2D eigenvalue weighted by atomic mass is 9.75. The zero-order chi connectivity index (χ0) is 33.9. The molecule has 8 heteroatoms. The molecule has 0 aromatic heterocycles. The van der Waals surface area contributed by atoms with Gasteiger partial charge in [0, 0.05) is 36.3 Å². The minimum atomic E-state index is -0.718. The first kappa shape index (κ1) is 33.8. The fourth-order valence-electron chi connectivity index (χ4n) is 8.36. The van der Waals surface area contributed by atoms with Crippen molar-refractivity contribution < 1.29 is 14.3 Å². The van der Waals surface area contributed by atoms with E-state index in [-0.39, 0.29) is 35.8 Å². The van der Waals surface area contributed by atoms with Crippen molar-refractivity contribution in [2.75, 3.05) is 11.4 Å². The van der Waals surface area contributed by atoms with E-state index in [0.29, 0.717) is 18.5 Å². The van der Waals surface area contributed by atoms with Crippen LogP contribution in [0.25, 0.3) is 10.8 Å². The van der Waals surface area contributed by atoms with Crippen molar-refractivity contribution in [1.29, 1.82) is 5.41 Å². The molecule has 3 aromatic rings. The Morgan fingerprint density at radius 1 is 0.875 bits per heavy atom. The number of hydrogen-bond acceptors (Lipinski definition) is 5. The molecule has 1 heterocycles. The van der Waals surface area contributed by atoms with E-state index in [1.54, 1.807) is 0 Å². The number of amides is 2. The monoisotopic (exact) mass is 651 g/mol. The van der Waals surface area contributed by atoms with E-state index in [1.165, 1.54) is 29.2 Å². The number of nitrogen functional groups attached to an aromatic ring is 1. The molecule has 6 rings (SSSR count). The number of carbonyl (C=O) groups is 2. The lowest BCUT2D eigenvalue weighted by Gasteiger charge is -2.46. The SMILES string of the molecule is CC(C)(C)OC(=O)N[C@H]1CC[C@H](NC(=O)C2(C3CCCCCC3)Cc3ccc(C(=N)N)cc3N2CCc2ccc3ccccc3c2)CC1. The number of ether oxygens (including phenoxy) is 1. The lowest BCUT2D eigenvalue weighted by molar-refractivity contribution is -0.129. The van der Waals surface area contributed by atoms with Gasteiger partial charge in [0.25, 0.3) is 0 Å². The Hall–Kier alpha value is -4.07. The maximum Gasteiger partial charge on any atom is 0.407 e. The van der Waals surface area contributed by atoms with Gasteiger partial charge in [0.05, 0.1) is 0 Å². The Morgan fingerprint density at radius 2 is 1.54 bits per heavy atom. The number of anilines is 1. The number of nitrogens with zero attached hydrogens (tertiary/aromatic N) is 1. The number of nitrogens with two attached hydrogens (primary N) is 1. The Labute approximate surface area is 285 Å². The molecule has 2 fully saturated rings. The Balaban J connectivity index is 1.27. The number of benzene rings is 3. The van der Waals surface area contributed by atoms with Crippen LogP contribution in [0.4, 0.5) is 10.5 Å². The third-order valence-electron chi connectivity index (χ3n) is 10.8. The standard InChI is InChI=1S/C40H53N5O3/c1-39(2,3)48-38(47)44-34-20-18-33(19-21-34)43-37(46)40(32-12-6-4-5-7-13-32)26-31-17-16-30(36(41)42)25-35(31)45(40)23-22-27-14-15-28-10-8-9-11-29(28)24-27/h8-11,14-17,24-25,32-34H,4-7,12-13,18-23,26H2,1-3H3,(H3,41,42)(H,43,46)(H,44,47)/t33-,34-,40?. The van der Waals surface area contributed by atoms with Crippen LogP contribution in [0.15, 0.2) is 60.7 Å². The minimum absolute atomic E-state index is 0.0421. The number of nitrogens with one attached hydrogen (secondary N) is 3. The fraction of sp³-hybridized carbons (Fsp3) is 0.525. The number of amidine groups is 1. The van der Waals surface area contributed by atoms with E-state index in [1.807, 2.05) is 32.9 Å². The molecular weight excluding hydrogens is 598 g/mol. The molecule has 1 aliphatic heterocycles. The molecule has 0 bridgehead atoms. The first-order valence-corrected chi connectivity index (χ1v) is 18.0. The molecule has 3 aliphatic rings. The normalized spacial score (nSPS) is 23.3. The van der Waals surface area contributed by atoms with Gasteiger partial charge in [-0.3, -0.25) is 10.2 Å². The number of alkyl carbamates (subject to hydrolysis) is 1. The summed E-state index contributed by atoms with van der Waals surface area (Å²) in [5.41, 5.74) is 8.88. The highest BCUT2D eigenvalue weighted by Crippen LogP contribution is 2.48. The van der Waals surface area contributed by atoms with Crippen LogP contribution >= 0.6 is 0 Å². The van der Waals surface area contributed by atoms with Crippen molar-refractivity contribution in [1.82, 2.24) is 10.6 Å². The van der Waals surface area contributed by atoms with Crippen LogP contribution in [-0.2, 0) is 22.4 Å². The highest BCUT2D eigenvalue weighted by atomic mass is 16.6. The van der Waals surface area contributed by atoms with Crippen LogP contribution < -0.4 is 21.3 Å². The summed E-state index contributed by atoms with van der Waals surface area (Å²) in [5, 5.41) is 17.3. The van der Waals surface area contributed by atoms with Crippen molar-refractivity contribution in [2.24, 2.45) is 11.7 Å². The molecule has 1 atom stereocenters. The topological polar surface area (TPSA) is 121 Å². The molecule has 0 spiro atoms. The maximum absolute atomic E-state index is 15.0. The van der Waals surface area contributed by atoms with Crippen LogP contribution in [0.1, 0.15) is 102 Å². The second-order valence-electron chi connectivity index (χ2n) is 15.3. The number of carbonyl (C=O) groups excluding carboxylic acids is 2. The summed E-state index contributed by atoms with van der Waals surface area (Å²) in [6, 6.07) is 21.3. The van der Waals surface area contributed by atoms with Crippen molar-refractivity contribution in [3.05, 3.63) is 77.4 Å². The predicted molar refractivity (Wildman–Crippen MR) is 194 cm³/mol. The smallest absolute Gasteiger partial charge is 0.407 e. The molecule has 256 valence electrons. The van der Waals surface area contributed by atoms with Gasteiger partial charge in [0.2, 0.25) is 5.91 Å². The van der Waals surface area contributed by atoms with Gasteiger partial charge in [-0.2, -0.15) is 0 Å². The van der Waals surface area contributed by atoms with Gasteiger partial charge in [-0.1, -0.05) is 80.3 Å². The summed E-state index contributed by atoms with van der Waals surface area (Å²) < 4.78 is 5.49. The van der Waals surface area contributed by atoms with E-state index in [4.69, 9.17) is 15.9 Å². The third kappa shape index (κ3) is 7.48. The lowest BCUT2D eigenvalue weighted by Crippen LogP contribution is -2.64. The summed E-state index contributed by atoms with van der Waals surface area (Å²) >= 11 is 0. The maximum atomic E-state index is 15.0. The summed E-state index contributed by atoms with van der Waals surface area (Å²) in [4.78, 5) is 29.9. The second kappa shape index (κ2) is 14.2. The average Bonchev–Trinajstić information content (AvgIpc) is 3.16. The second-order valence-corrected chi connectivity index (χ2v) is 15.3. The molecule has 0 radical (unpaired) electrons. The molecule has 2 amide bonds. The molecule has 0 saturated heterocycles. The highest BCUT2D eigenvalue weighted by molar-refractivity contribution is 5.98. The first-order chi connectivity index (χ1) is 23.0. The van der Waals surface area contributed by atoms with E-state index in [9.17, 15) is 4.79 Å². The van der Waals surface area contributed by atoms with Gasteiger partial charge < -0.3 is 26.0 Å². The molecule has 3 aromatic carbocycles. The fourth-order valence-corrected chi connectivity index (χ4v) is 8.36. The summed E-state index contributed by atoms with van der Waals surface area (Å²) in [5.74, 6) is 0.382. The van der Waals surface area contributed by atoms with Gasteiger partial charge in [-0.25, -0.2) is 4.79 Å². The van der Waals surface area contributed by atoms with Crippen molar-refractivity contribution >= 4 is 34.3 Å². The van der Waals surface area contributed by atoms with Crippen LogP contribution in [-0.4, -0.2) is 47.6 Å². The van der Waals surface area contributed by atoms with Crippen LogP contribution in [0.5, 0.6) is 0 Å². The Bertz CT molecular complexity index is 1630. The van der Waals surface area contributed by atoms with Gasteiger partial charge in [-0.05, 0) is 99.6 Å². The summed E-state index contributed by atoms with van der Waals surface area (Å²) in [7, 11) is 0. The average molecular weight is 652 g/mol. The third-order valence-corrected chi connectivity index (χ3v) is 10.8. The van der Waals surface area contributed by atoms with E-state index in [0.717, 1.165) is 69.0 Å². The number of fused-ring (bicyclic) bond motifs is 2. The minimum Gasteiger partial charge on any atom is -0.444 e. The summed E-state index contributed by atoms with van der Waals surface area (Å²) in [6.45, 7) is 6.31. The largest absolute Gasteiger partial charge is 0.444 e. The molecule has 5 N–H and O–H groups in total. The molecule has 48 heavy (non-hydrogen) atoms. The zero-order valence-electron chi connectivity index (χ0n) is 28.9. The van der Waals surface area contributed by atoms with Gasteiger partial charge in [-0.15, -0.1) is 0 Å². The van der Waals surface area contributed by atoms with Crippen LogP contribution in [0.3, 0.4) is 0 Å². The highest BCUT2D eigenvalue weighted by Gasteiger charge is 2.54. The predicted octanol–water partition coefficient (Wildman–Crippen LogP) is 7.39.